The van der Waals surface area contributed by atoms with E-state index in [9.17, 15) is 5.11 Å². The molecule has 0 bridgehead atoms. The van der Waals surface area contributed by atoms with Crippen LogP contribution < -0.4 is 5.32 Å². The predicted molar refractivity (Wildman–Crippen MR) is 87.1 cm³/mol. The molecule has 3 unspecified atom stereocenters. The Bertz CT molecular complexity index is 413. The van der Waals surface area contributed by atoms with Crippen molar-refractivity contribution in [3.63, 3.8) is 0 Å². The maximum Gasteiger partial charge on any atom is 0.0474 e. The molecule has 3 atom stereocenters. The summed E-state index contributed by atoms with van der Waals surface area (Å²) in [6.07, 6.45) is 10.5. The van der Waals surface area contributed by atoms with Gasteiger partial charge < -0.3 is 10.4 Å². The number of rotatable bonds is 5. The van der Waals surface area contributed by atoms with E-state index >= 15 is 0 Å². The van der Waals surface area contributed by atoms with Crippen LogP contribution in [0.2, 0.25) is 0 Å². The van der Waals surface area contributed by atoms with Crippen LogP contribution in [0.25, 0.3) is 0 Å². The van der Waals surface area contributed by atoms with Crippen molar-refractivity contribution in [1.29, 1.82) is 0 Å². The first kappa shape index (κ1) is 15.1. The summed E-state index contributed by atoms with van der Waals surface area (Å²) in [4.78, 5) is 0. The summed E-state index contributed by atoms with van der Waals surface area (Å²) in [5, 5.41) is 13.5. The third-order valence-electron chi connectivity index (χ3n) is 5.57. The van der Waals surface area contributed by atoms with Gasteiger partial charge >= 0.3 is 0 Å². The molecule has 1 aromatic carbocycles. The molecule has 3 rings (SSSR count). The average molecular weight is 287 g/mol. The number of nitrogens with one attached hydrogen (secondary N) is 1. The van der Waals surface area contributed by atoms with Gasteiger partial charge in [0, 0.05) is 18.7 Å². The molecule has 0 saturated heterocycles. The van der Waals surface area contributed by atoms with E-state index in [0.29, 0.717) is 24.6 Å². The van der Waals surface area contributed by atoms with Crippen molar-refractivity contribution < 1.29 is 5.11 Å². The number of hydrogen-bond donors (Lipinski definition) is 2. The van der Waals surface area contributed by atoms with Crippen molar-refractivity contribution in [2.45, 2.75) is 63.5 Å². The van der Waals surface area contributed by atoms with Gasteiger partial charge in [0.15, 0.2) is 0 Å². The highest BCUT2D eigenvalue weighted by Crippen LogP contribution is 2.37. The van der Waals surface area contributed by atoms with Crippen LogP contribution in [-0.4, -0.2) is 17.8 Å². The fourth-order valence-corrected chi connectivity index (χ4v) is 4.34. The van der Waals surface area contributed by atoms with Gasteiger partial charge in [-0.05, 0) is 43.1 Å². The maximum atomic E-state index is 9.59. The Balaban J connectivity index is 1.75. The quantitative estimate of drug-likeness (QED) is 0.856. The monoisotopic (exact) mass is 287 g/mol. The molecule has 116 valence electrons. The van der Waals surface area contributed by atoms with E-state index in [0.717, 1.165) is 5.92 Å². The minimum Gasteiger partial charge on any atom is -0.396 e. The van der Waals surface area contributed by atoms with Gasteiger partial charge in [-0.15, -0.1) is 0 Å². The fraction of sp³-hybridized carbons (Fsp3) is 0.684. The zero-order valence-electron chi connectivity index (χ0n) is 13.0. The molecule has 0 spiro atoms. The first-order chi connectivity index (χ1) is 10.4. The van der Waals surface area contributed by atoms with Crippen LogP contribution >= 0.6 is 0 Å². The van der Waals surface area contributed by atoms with Gasteiger partial charge in [0.2, 0.25) is 0 Å². The summed E-state index contributed by atoms with van der Waals surface area (Å²) in [5.74, 6) is 1.22. The maximum absolute atomic E-state index is 9.59. The van der Waals surface area contributed by atoms with Crippen molar-refractivity contribution in [3.8, 4) is 0 Å². The fourth-order valence-electron chi connectivity index (χ4n) is 4.34. The van der Waals surface area contributed by atoms with Gasteiger partial charge in [-0.25, -0.2) is 0 Å². The van der Waals surface area contributed by atoms with Crippen LogP contribution in [0.4, 0.5) is 0 Å². The highest BCUT2D eigenvalue weighted by Gasteiger charge is 2.32. The minimum absolute atomic E-state index is 0.337. The Morgan fingerprint density at radius 1 is 0.952 bits per heavy atom. The standard InChI is InChI=1S/C19H29NO/c21-14-17-12-7-13-18(17)20-19(15-8-3-1-4-9-15)16-10-5-2-6-11-16/h1,3-4,8-9,16-21H,2,5-7,10-14H2. The molecule has 2 aliphatic carbocycles. The number of benzene rings is 1. The number of aliphatic hydroxyl groups is 1. The molecular weight excluding hydrogens is 258 g/mol. The first-order valence-corrected chi connectivity index (χ1v) is 8.80. The normalized spacial score (nSPS) is 28.6. The third-order valence-corrected chi connectivity index (χ3v) is 5.57. The van der Waals surface area contributed by atoms with Gasteiger partial charge in [0.05, 0.1) is 0 Å². The zero-order chi connectivity index (χ0) is 14.5. The molecule has 0 aliphatic heterocycles. The van der Waals surface area contributed by atoms with E-state index in [2.05, 4.69) is 35.6 Å². The summed E-state index contributed by atoms with van der Waals surface area (Å²) in [6, 6.07) is 11.9. The molecule has 0 radical (unpaired) electrons. The van der Waals surface area contributed by atoms with E-state index in [1.54, 1.807) is 0 Å². The lowest BCUT2D eigenvalue weighted by Crippen LogP contribution is -2.40. The topological polar surface area (TPSA) is 32.3 Å². The Morgan fingerprint density at radius 2 is 1.71 bits per heavy atom. The Hall–Kier alpha value is -0.860. The zero-order valence-corrected chi connectivity index (χ0v) is 13.0. The van der Waals surface area contributed by atoms with Gasteiger partial charge in [0.25, 0.3) is 0 Å². The van der Waals surface area contributed by atoms with Gasteiger partial charge in [-0.1, -0.05) is 56.0 Å². The lowest BCUT2D eigenvalue weighted by molar-refractivity contribution is 0.180. The van der Waals surface area contributed by atoms with Crippen LogP contribution in [0.1, 0.15) is 63.0 Å². The van der Waals surface area contributed by atoms with Crippen molar-refractivity contribution in [2.24, 2.45) is 11.8 Å². The van der Waals surface area contributed by atoms with Crippen molar-refractivity contribution in [1.82, 2.24) is 5.32 Å². The largest absolute Gasteiger partial charge is 0.396 e. The van der Waals surface area contributed by atoms with Gasteiger partial charge in [-0.3, -0.25) is 0 Å². The summed E-state index contributed by atoms with van der Waals surface area (Å²) >= 11 is 0. The van der Waals surface area contributed by atoms with Crippen LogP contribution in [-0.2, 0) is 0 Å². The highest BCUT2D eigenvalue weighted by atomic mass is 16.3. The van der Waals surface area contributed by atoms with Crippen LogP contribution in [0, 0.1) is 11.8 Å². The SMILES string of the molecule is OCC1CCCC1NC(c1ccccc1)C1CCCCC1. The molecule has 2 heteroatoms. The first-order valence-electron chi connectivity index (χ1n) is 8.80. The summed E-state index contributed by atoms with van der Waals surface area (Å²) in [5.41, 5.74) is 1.44. The Kier molecular flexibility index (Phi) is 5.32. The molecule has 2 N–H and O–H groups in total. The minimum atomic E-state index is 0.337. The van der Waals surface area contributed by atoms with E-state index in [-0.39, 0.29) is 0 Å². The summed E-state index contributed by atoms with van der Waals surface area (Å²) < 4.78 is 0. The second kappa shape index (κ2) is 7.42. The molecule has 21 heavy (non-hydrogen) atoms. The van der Waals surface area contributed by atoms with E-state index in [1.807, 2.05) is 0 Å². The Morgan fingerprint density at radius 3 is 2.43 bits per heavy atom. The van der Waals surface area contributed by atoms with E-state index < -0.39 is 0 Å². The number of hydrogen-bond acceptors (Lipinski definition) is 2. The van der Waals surface area contributed by atoms with E-state index in [1.165, 1.54) is 56.9 Å². The van der Waals surface area contributed by atoms with Crippen molar-refractivity contribution >= 4 is 0 Å². The highest BCUT2D eigenvalue weighted by molar-refractivity contribution is 5.20. The molecular formula is C19H29NO. The molecule has 0 aromatic heterocycles. The molecule has 2 saturated carbocycles. The van der Waals surface area contributed by atoms with Crippen LogP contribution in [0.5, 0.6) is 0 Å². The molecule has 2 nitrogen and oxygen atoms in total. The van der Waals surface area contributed by atoms with Gasteiger partial charge in [0.1, 0.15) is 0 Å². The van der Waals surface area contributed by atoms with Crippen molar-refractivity contribution in [3.05, 3.63) is 35.9 Å². The second-order valence-corrected chi connectivity index (χ2v) is 6.93. The summed E-state index contributed by atoms with van der Waals surface area (Å²) in [6.45, 7) is 0.337. The molecule has 2 fully saturated rings. The smallest absolute Gasteiger partial charge is 0.0474 e. The van der Waals surface area contributed by atoms with Crippen LogP contribution in [0.15, 0.2) is 30.3 Å². The lowest BCUT2D eigenvalue weighted by Gasteiger charge is -2.35. The van der Waals surface area contributed by atoms with Crippen LogP contribution in [0.3, 0.4) is 0 Å². The van der Waals surface area contributed by atoms with Gasteiger partial charge in [-0.2, -0.15) is 0 Å². The Labute approximate surface area is 129 Å². The van der Waals surface area contributed by atoms with E-state index in [4.69, 9.17) is 0 Å². The average Bonchev–Trinajstić information content (AvgIpc) is 3.01. The molecule has 2 aliphatic rings. The second-order valence-electron chi connectivity index (χ2n) is 6.93. The molecule has 1 aromatic rings. The number of aliphatic hydroxyl groups excluding tert-OH is 1. The molecule has 0 amide bonds. The van der Waals surface area contributed by atoms with Crippen molar-refractivity contribution in [2.75, 3.05) is 6.61 Å². The predicted octanol–water partition coefficient (Wildman–Crippen LogP) is 4.06. The summed E-state index contributed by atoms with van der Waals surface area (Å²) in [7, 11) is 0. The third kappa shape index (κ3) is 3.67. The molecule has 0 heterocycles. The lowest BCUT2D eigenvalue weighted by atomic mass is 9.80.